The summed E-state index contributed by atoms with van der Waals surface area (Å²) in [7, 11) is 0. The largest absolute Gasteiger partial charge is 0.469 e. The number of hydrogen-bond donors (Lipinski definition) is 2. The number of rotatable bonds is 3. The van der Waals surface area contributed by atoms with E-state index in [9.17, 15) is 9.59 Å². The number of likely N-dealkylation sites (tertiary alicyclic amines) is 1. The summed E-state index contributed by atoms with van der Waals surface area (Å²) in [6, 6.07) is 7.43. The lowest BCUT2D eigenvalue weighted by atomic mass is 10.1. The predicted octanol–water partition coefficient (Wildman–Crippen LogP) is 3.88. The summed E-state index contributed by atoms with van der Waals surface area (Å²) in [5.74, 6) is 0.117. The van der Waals surface area contributed by atoms with Gasteiger partial charge in [0, 0.05) is 30.2 Å². The lowest BCUT2D eigenvalue weighted by molar-refractivity contribution is 0.0749. The van der Waals surface area contributed by atoms with Crippen molar-refractivity contribution in [3.05, 3.63) is 52.4 Å². The number of hydrogen-bond acceptors (Lipinski definition) is 4. The molecule has 4 rings (SSSR count). The molecule has 2 aliphatic heterocycles. The maximum atomic E-state index is 13.2. The van der Waals surface area contributed by atoms with E-state index in [1.807, 2.05) is 4.90 Å². The van der Waals surface area contributed by atoms with Crippen molar-refractivity contribution in [1.29, 1.82) is 0 Å². The summed E-state index contributed by atoms with van der Waals surface area (Å²) in [4.78, 5) is 27.6. The molecule has 1 aromatic carbocycles. The second kappa shape index (κ2) is 8.55. The monoisotopic (exact) mass is 423 g/mol. The van der Waals surface area contributed by atoms with E-state index < -0.39 is 0 Å². The zero-order valence-corrected chi connectivity index (χ0v) is 17.1. The van der Waals surface area contributed by atoms with Crippen molar-refractivity contribution >= 4 is 41.5 Å². The average molecular weight is 424 g/mol. The maximum absolute atomic E-state index is 13.2. The molecule has 0 aliphatic carbocycles. The highest BCUT2D eigenvalue weighted by molar-refractivity contribution is 6.31. The maximum Gasteiger partial charge on any atom is 0.259 e. The van der Waals surface area contributed by atoms with Crippen LogP contribution in [0.15, 0.2) is 34.9 Å². The van der Waals surface area contributed by atoms with E-state index in [0.717, 1.165) is 12.8 Å². The van der Waals surface area contributed by atoms with Gasteiger partial charge >= 0.3 is 0 Å². The molecule has 0 spiro atoms. The van der Waals surface area contributed by atoms with E-state index in [1.54, 1.807) is 31.2 Å². The number of furan rings is 1. The first-order valence-corrected chi connectivity index (χ1v) is 9.59. The van der Waals surface area contributed by atoms with E-state index in [-0.39, 0.29) is 24.2 Å². The Morgan fingerprint density at radius 2 is 1.96 bits per heavy atom. The van der Waals surface area contributed by atoms with Crippen molar-refractivity contribution in [3.8, 4) is 0 Å². The average Bonchev–Trinajstić information content (AvgIpc) is 3.19. The standard InChI is InChI=1S/C20H22ClN3O3.ClH/c1-12-16(7-9-27-12)19(25)23-18-10-13(21)2-5-17(18)20(26)24-8-6-14-3-4-15(11-24)22-14;/h2,5,7,9-10,14-15,22H,3-4,6,8,11H2,1H3,(H,23,25);1H. The fraction of sp³-hybridized carbons (Fsp3) is 0.400. The molecular weight excluding hydrogens is 401 g/mol. The zero-order valence-electron chi connectivity index (χ0n) is 15.5. The second-order valence-corrected chi connectivity index (χ2v) is 7.65. The summed E-state index contributed by atoms with van der Waals surface area (Å²) in [6.07, 6.45) is 4.69. The molecule has 0 saturated carbocycles. The molecular formula is C20H23Cl2N3O3. The van der Waals surface area contributed by atoms with Gasteiger partial charge in [-0.05, 0) is 50.5 Å². The molecule has 8 heteroatoms. The van der Waals surface area contributed by atoms with Gasteiger partial charge in [0.1, 0.15) is 5.76 Å². The van der Waals surface area contributed by atoms with Crippen LogP contribution in [0.3, 0.4) is 0 Å². The van der Waals surface area contributed by atoms with Crippen molar-refractivity contribution in [3.63, 3.8) is 0 Å². The first kappa shape index (κ1) is 20.7. The minimum absolute atomic E-state index is 0. The van der Waals surface area contributed by atoms with Crippen LogP contribution >= 0.6 is 24.0 Å². The molecule has 2 aliphatic rings. The van der Waals surface area contributed by atoms with Gasteiger partial charge in [-0.15, -0.1) is 12.4 Å². The summed E-state index contributed by atoms with van der Waals surface area (Å²) < 4.78 is 5.19. The van der Waals surface area contributed by atoms with E-state index in [0.29, 0.717) is 52.8 Å². The highest BCUT2D eigenvalue weighted by Gasteiger charge is 2.32. The molecule has 2 amide bonds. The van der Waals surface area contributed by atoms with Crippen molar-refractivity contribution < 1.29 is 14.0 Å². The van der Waals surface area contributed by atoms with Crippen LogP contribution in [-0.2, 0) is 0 Å². The van der Waals surface area contributed by atoms with E-state index >= 15 is 0 Å². The molecule has 150 valence electrons. The number of aryl methyl sites for hydroxylation is 1. The number of nitrogens with one attached hydrogen (secondary N) is 2. The predicted molar refractivity (Wildman–Crippen MR) is 111 cm³/mol. The molecule has 2 unspecified atom stereocenters. The van der Waals surface area contributed by atoms with Crippen molar-refractivity contribution in [2.45, 2.75) is 38.3 Å². The Labute approximate surface area is 175 Å². The number of amides is 2. The molecule has 2 fully saturated rings. The van der Waals surface area contributed by atoms with Gasteiger partial charge in [-0.3, -0.25) is 9.59 Å². The Hall–Kier alpha value is -2.02. The van der Waals surface area contributed by atoms with Gasteiger partial charge in [-0.25, -0.2) is 0 Å². The van der Waals surface area contributed by atoms with Crippen LogP contribution in [0, 0.1) is 6.92 Å². The number of nitrogens with zero attached hydrogens (tertiary/aromatic N) is 1. The highest BCUT2D eigenvalue weighted by atomic mass is 35.5. The van der Waals surface area contributed by atoms with Gasteiger partial charge in [0.2, 0.25) is 0 Å². The van der Waals surface area contributed by atoms with Gasteiger partial charge < -0.3 is 20.0 Å². The molecule has 2 saturated heterocycles. The van der Waals surface area contributed by atoms with E-state index in [2.05, 4.69) is 10.6 Å². The van der Waals surface area contributed by atoms with Crippen LogP contribution in [0.1, 0.15) is 45.7 Å². The fourth-order valence-corrected chi connectivity index (χ4v) is 4.09. The van der Waals surface area contributed by atoms with Crippen molar-refractivity contribution in [2.75, 3.05) is 18.4 Å². The smallest absolute Gasteiger partial charge is 0.259 e. The van der Waals surface area contributed by atoms with Crippen LogP contribution in [0.4, 0.5) is 5.69 Å². The minimum atomic E-state index is -0.325. The number of benzene rings is 1. The molecule has 3 heterocycles. The van der Waals surface area contributed by atoms with Crippen LogP contribution in [0.2, 0.25) is 5.02 Å². The molecule has 0 radical (unpaired) electrons. The first-order chi connectivity index (χ1) is 13.0. The molecule has 6 nitrogen and oxygen atoms in total. The normalized spacial score (nSPS) is 21.0. The SMILES string of the molecule is Cc1occc1C(=O)Nc1cc(Cl)ccc1C(=O)N1CCC2CCC(C1)N2.Cl. The van der Waals surface area contributed by atoms with Gasteiger partial charge in [-0.1, -0.05) is 11.6 Å². The zero-order chi connectivity index (χ0) is 19.0. The molecule has 2 N–H and O–H groups in total. The first-order valence-electron chi connectivity index (χ1n) is 9.21. The summed E-state index contributed by atoms with van der Waals surface area (Å²) >= 11 is 6.12. The second-order valence-electron chi connectivity index (χ2n) is 7.21. The van der Waals surface area contributed by atoms with Crippen molar-refractivity contribution in [2.24, 2.45) is 0 Å². The van der Waals surface area contributed by atoms with Crippen LogP contribution in [0.5, 0.6) is 0 Å². The Morgan fingerprint density at radius 1 is 1.18 bits per heavy atom. The Balaban J connectivity index is 0.00000225. The third-order valence-electron chi connectivity index (χ3n) is 5.37. The molecule has 2 bridgehead atoms. The lowest BCUT2D eigenvalue weighted by Gasteiger charge is -2.25. The number of fused-ring (bicyclic) bond motifs is 2. The van der Waals surface area contributed by atoms with Gasteiger partial charge in [0.15, 0.2) is 0 Å². The molecule has 2 aromatic rings. The highest BCUT2D eigenvalue weighted by Crippen LogP contribution is 2.26. The number of halogens is 2. The van der Waals surface area contributed by atoms with E-state index in [4.69, 9.17) is 16.0 Å². The van der Waals surface area contributed by atoms with Crippen molar-refractivity contribution in [1.82, 2.24) is 10.2 Å². The minimum Gasteiger partial charge on any atom is -0.469 e. The lowest BCUT2D eigenvalue weighted by Crippen LogP contribution is -2.39. The van der Waals surface area contributed by atoms with Gasteiger partial charge in [0.25, 0.3) is 11.8 Å². The third kappa shape index (κ3) is 4.19. The summed E-state index contributed by atoms with van der Waals surface area (Å²) in [5.41, 5.74) is 1.30. The number of carbonyl (C=O) groups is 2. The van der Waals surface area contributed by atoms with Gasteiger partial charge in [-0.2, -0.15) is 0 Å². The van der Waals surface area contributed by atoms with Crippen LogP contribution in [0.25, 0.3) is 0 Å². The Kier molecular flexibility index (Phi) is 6.33. The van der Waals surface area contributed by atoms with Crippen LogP contribution in [-0.4, -0.2) is 41.9 Å². The molecule has 28 heavy (non-hydrogen) atoms. The fourth-order valence-electron chi connectivity index (χ4n) is 3.91. The van der Waals surface area contributed by atoms with Gasteiger partial charge in [0.05, 0.1) is 23.1 Å². The quantitative estimate of drug-likeness (QED) is 0.784. The van der Waals surface area contributed by atoms with Crippen LogP contribution < -0.4 is 10.6 Å². The van der Waals surface area contributed by atoms with E-state index in [1.165, 1.54) is 12.7 Å². The Bertz CT molecular complexity index is 883. The molecule has 2 atom stereocenters. The third-order valence-corrected chi connectivity index (χ3v) is 5.61. The summed E-state index contributed by atoms with van der Waals surface area (Å²) in [6.45, 7) is 3.12. The number of anilines is 1. The summed E-state index contributed by atoms with van der Waals surface area (Å²) in [5, 5.41) is 6.85. The molecule has 1 aromatic heterocycles. The number of carbonyl (C=O) groups excluding carboxylic acids is 2. The Morgan fingerprint density at radius 3 is 2.71 bits per heavy atom. The topological polar surface area (TPSA) is 74.6 Å².